The van der Waals surface area contributed by atoms with Gasteiger partial charge in [-0.3, -0.25) is 4.79 Å². The number of anilines is 1. The first-order valence-electron chi connectivity index (χ1n) is 7.59. The molecule has 0 aliphatic carbocycles. The minimum absolute atomic E-state index is 0.239. The van der Waals surface area contributed by atoms with Gasteiger partial charge in [-0.2, -0.15) is 0 Å². The van der Waals surface area contributed by atoms with Gasteiger partial charge in [0.2, 0.25) is 5.91 Å². The van der Waals surface area contributed by atoms with E-state index >= 15 is 0 Å². The van der Waals surface area contributed by atoms with Crippen molar-refractivity contribution in [2.75, 3.05) is 31.3 Å². The van der Waals surface area contributed by atoms with Crippen LogP contribution in [-0.2, 0) is 20.7 Å². The average molecular weight is 290 g/mol. The number of carbonyl (C=O) groups is 1. The molecule has 1 saturated heterocycles. The van der Waals surface area contributed by atoms with Gasteiger partial charge >= 0.3 is 0 Å². The Morgan fingerprint density at radius 3 is 3.05 bits per heavy atom. The van der Waals surface area contributed by atoms with Crippen LogP contribution in [0.2, 0.25) is 0 Å². The molecule has 1 amide bonds. The Morgan fingerprint density at radius 2 is 2.29 bits per heavy atom. The molecule has 5 nitrogen and oxygen atoms in total. The van der Waals surface area contributed by atoms with Crippen molar-refractivity contribution in [3.63, 3.8) is 0 Å². The molecule has 1 fully saturated rings. The van der Waals surface area contributed by atoms with E-state index in [0.717, 1.165) is 25.1 Å². The number of primary amides is 1. The van der Waals surface area contributed by atoms with Crippen molar-refractivity contribution in [3.8, 4) is 0 Å². The minimum atomic E-state index is -0.273. The summed E-state index contributed by atoms with van der Waals surface area (Å²) in [4.78, 5) is 13.7. The molecule has 1 aromatic rings. The Bertz CT molecular complexity index is 500. The summed E-state index contributed by atoms with van der Waals surface area (Å²) in [5, 5.41) is 0. The van der Waals surface area contributed by atoms with Gasteiger partial charge in [-0.25, -0.2) is 0 Å². The van der Waals surface area contributed by atoms with E-state index in [0.29, 0.717) is 26.2 Å². The zero-order valence-electron chi connectivity index (χ0n) is 12.2. The van der Waals surface area contributed by atoms with Crippen LogP contribution in [0.3, 0.4) is 0 Å². The quantitative estimate of drug-likeness (QED) is 0.797. The lowest BCUT2D eigenvalue weighted by Gasteiger charge is -2.25. The van der Waals surface area contributed by atoms with Crippen molar-refractivity contribution in [2.24, 2.45) is 5.73 Å². The fourth-order valence-electron chi connectivity index (χ4n) is 3.13. The standard InChI is InChI=1S/C16H22N2O3/c17-16(19)15-10-12-4-1-2-6-14(12)18(15)7-9-20-11-13-5-3-8-21-13/h1-2,4,6,13,15H,3,5,7-11H2,(H2,17,19)/t13-,15-/m0/s1. The third kappa shape index (κ3) is 3.19. The number of ether oxygens (including phenoxy) is 2. The highest BCUT2D eigenvalue weighted by Gasteiger charge is 2.32. The maximum Gasteiger partial charge on any atom is 0.240 e. The Hall–Kier alpha value is -1.59. The summed E-state index contributed by atoms with van der Waals surface area (Å²) in [6.07, 6.45) is 3.13. The summed E-state index contributed by atoms with van der Waals surface area (Å²) in [6, 6.07) is 7.82. The second-order valence-corrected chi connectivity index (χ2v) is 5.65. The van der Waals surface area contributed by atoms with Crippen LogP contribution in [0.1, 0.15) is 18.4 Å². The number of nitrogens with zero attached hydrogens (tertiary/aromatic N) is 1. The second-order valence-electron chi connectivity index (χ2n) is 5.65. The Balaban J connectivity index is 1.55. The fourth-order valence-corrected chi connectivity index (χ4v) is 3.13. The van der Waals surface area contributed by atoms with E-state index in [-0.39, 0.29) is 18.1 Å². The van der Waals surface area contributed by atoms with Crippen molar-refractivity contribution in [1.82, 2.24) is 0 Å². The highest BCUT2D eigenvalue weighted by Crippen LogP contribution is 2.31. The van der Waals surface area contributed by atoms with Gasteiger partial charge in [0.15, 0.2) is 0 Å². The van der Waals surface area contributed by atoms with Crippen LogP contribution < -0.4 is 10.6 Å². The summed E-state index contributed by atoms with van der Waals surface area (Å²) >= 11 is 0. The van der Waals surface area contributed by atoms with Gasteiger partial charge in [0.25, 0.3) is 0 Å². The average Bonchev–Trinajstić information content (AvgIpc) is 3.11. The van der Waals surface area contributed by atoms with Crippen molar-refractivity contribution in [3.05, 3.63) is 29.8 Å². The topological polar surface area (TPSA) is 64.8 Å². The number of hydrogen-bond acceptors (Lipinski definition) is 4. The molecule has 0 saturated carbocycles. The Labute approximate surface area is 125 Å². The van der Waals surface area contributed by atoms with Crippen LogP contribution in [0.5, 0.6) is 0 Å². The van der Waals surface area contributed by atoms with E-state index in [2.05, 4.69) is 11.0 Å². The lowest BCUT2D eigenvalue weighted by molar-refractivity contribution is -0.119. The van der Waals surface area contributed by atoms with Crippen molar-refractivity contribution in [2.45, 2.75) is 31.4 Å². The lowest BCUT2D eigenvalue weighted by atomic mass is 10.1. The zero-order chi connectivity index (χ0) is 14.7. The molecule has 0 spiro atoms. The summed E-state index contributed by atoms with van der Waals surface area (Å²) in [5.41, 5.74) is 7.81. The van der Waals surface area contributed by atoms with Gasteiger partial charge in [-0.15, -0.1) is 0 Å². The first-order valence-corrected chi connectivity index (χ1v) is 7.59. The van der Waals surface area contributed by atoms with Crippen LogP contribution >= 0.6 is 0 Å². The highest BCUT2D eigenvalue weighted by molar-refractivity contribution is 5.86. The highest BCUT2D eigenvalue weighted by atomic mass is 16.5. The van der Waals surface area contributed by atoms with Gasteiger partial charge in [-0.05, 0) is 24.5 Å². The maximum atomic E-state index is 11.6. The van der Waals surface area contributed by atoms with Gasteiger partial charge in [0, 0.05) is 25.3 Å². The van der Waals surface area contributed by atoms with Gasteiger partial charge in [0.05, 0.1) is 19.3 Å². The molecule has 1 aromatic carbocycles. The van der Waals surface area contributed by atoms with Gasteiger partial charge < -0.3 is 20.1 Å². The predicted octanol–water partition coefficient (Wildman–Crippen LogP) is 1.10. The van der Waals surface area contributed by atoms with E-state index in [4.69, 9.17) is 15.2 Å². The third-order valence-corrected chi connectivity index (χ3v) is 4.22. The SMILES string of the molecule is NC(=O)[C@@H]1Cc2ccccc2N1CCOC[C@@H]1CCCO1. The summed E-state index contributed by atoms with van der Waals surface area (Å²) in [6.45, 7) is 2.74. The molecule has 0 unspecified atom stereocenters. The molecule has 2 atom stereocenters. The molecule has 2 N–H and O–H groups in total. The van der Waals surface area contributed by atoms with E-state index in [1.165, 1.54) is 5.56 Å². The fraction of sp³-hybridized carbons (Fsp3) is 0.562. The maximum absolute atomic E-state index is 11.6. The van der Waals surface area contributed by atoms with Crippen molar-refractivity contribution < 1.29 is 14.3 Å². The minimum Gasteiger partial charge on any atom is -0.377 e. The molecular weight excluding hydrogens is 268 g/mol. The number of hydrogen-bond donors (Lipinski definition) is 1. The van der Waals surface area contributed by atoms with Crippen LogP contribution in [0.4, 0.5) is 5.69 Å². The molecule has 2 aliphatic rings. The number of rotatable bonds is 6. The van der Waals surface area contributed by atoms with Crippen LogP contribution in [0.25, 0.3) is 0 Å². The van der Waals surface area contributed by atoms with Crippen LogP contribution in [-0.4, -0.2) is 44.4 Å². The number of fused-ring (bicyclic) bond motifs is 1. The molecule has 0 bridgehead atoms. The molecule has 2 aliphatic heterocycles. The molecule has 21 heavy (non-hydrogen) atoms. The first kappa shape index (κ1) is 14.4. The number of amides is 1. The molecule has 0 radical (unpaired) electrons. The number of carbonyl (C=O) groups excluding carboxylic acids is 1. The molecular formula is C16H22N2O3. The third-order valence-electron chi connectivity index (χ3n) is 4.22. The molecule has 2 heterocycles. The number of benzene rings is 1. The van der Waals surface area contributed by atoms with Crippen LogP contribution in [0.15, 0.2) is 24.3 Å². The predicted molar refractivity (Wildman–Crippen MR) is 80.3 cm³/mol. The smallest absolute Gasteiger partial charge is 0.240 e. The monoisotopic (exact) mass is 290 g/mol. The number of para-hydroxylation sites is 1. The molecule has 3 rings (SSSR count). The van der Waals surface area contributed by atoms with Gasteiger partial charge in [0.1, 0.15) is 6.04 Å². The Kier molecular flexibility index (Phi) is 4.41. The van der Waals surface area contributed by atoms with E-state index in [1.54, 1.807) is 0 Å². The van der Waals surface area contributed by atoms with Crippen LogP contribution in [0, 0.1) is 0 Å². The van der Waals surface area contributed by atoms with Crippen molar-refractivity contribution >= 4 is 11.6 Å². The number of nitrogens with two attached hydrogens (primary N) is 1. The van der Waals surface area contributed by atoms with Crippen molar-refractivity contribution in [1.29, 1.82) is 0 Å². The normalized spacial score (nSPS) is 24.3. The van der Waals surface area contributed by atoms with E-state index < -0.39 is 0 Å². The van der Waals surface area contributed by atoms with Gasteiger partial charge in [-0.1, -0.05) is 18.2 Å². The van der Waals surface area contributed by atoms with E-state index in [9.17, 15) is 4.79 Å². The summed E-state index contributed by atoms with van der Waals surface area (Å²) in [7, 11) is 0. The summed E-state index contributed by atoms with van der Waals surface area (Å²) < 4.78 is 11.2. The second kappa shape index (κ2) is 6.45. The Morgan fingerprint density at radius 1 is 1.43 bits per heavy atom. The molecule has 0 aromatic heterocycles. The largest absolute Gasteiger partial charge is 0.377 e. The molecule has 114 valence electrons. The zero-order valence-corrected chi connectivity index (χ0v) is 12.2. The summed E-state index contributed by atoms with van der Waals surface area (Å²) in [5.74, 6) is -0.273. The lowest BCUT2D eigenvalue weighted by Crippen LogP contribution is -2.44. The van der Waals surface area contributed by atoms with E-state index in [1.807, 2.05) is 18.2 Å². The first-order chi connectivity index (χ1) is 10.3. The molecule has 5 heteroatoms.